The number of amides is 2. The van der Waals surface area contributed by atoms with Crippen LogP contribution in [-0.2, 0) is 4.79 Å². The van der Waals surface area contributed by atoms with Crippen LogP contribution < -0.4 is 0 Å². The smallest absolute Gasteiger partial charge is 0.259 e. The molecule has 0 saturated carbocycles. The number of rotatable bonds is 3. The van der Waals surface area contributed by atoms with E-state index in [4.69, 9.17) is 0 Å². The largest absolute Gasteiger partial charge is 0.342 e. The Balaban J connectivity index is 1.46. The molecule has 0 aliphatic carbocycles. The minimum Gasteiger partial charge on any atom is -0.342 e. The van der Waals surface area contributed by atoms with Crippen LogP contribution in [-0.4, -0.2) is 78.2 Å². The van der Waals surface area contributed by atoms with E-state index < -0.39 is 0 Å². The van der Waals surface area contributed by atoms with E-state index in [-0.39, 0.29) is 17.2 Å². The zero-order valence-electron chi connectivity index (χ0n) is 14.1. The third kappa shape index (κ3) is 2.67. The fourth-order valence-electron chi connectivity index (χ4n) is 3.83. The highest BCUT2D eigenvalue weighted by atomic mass is 16.2. The molecule has 132 valence electrons. The number of H-pyrrole nitrogens is 1. The molecule has 4 rings (SSSR count). The minimum atomic E-state index is -0.0919. The van der Waals surface area contributed by atoms with Gasteiger partial charge in [-0.2, -0.15) is 9.78 Å². The second-order valence-electron chi connectivity index (χ2n) is 6.76. The lowest BCUT2D eigenvalue weighted by Crippen LogP contribution is -2.44. The van der Waals surface area contributed by atoms with Gasteiger partial charge < -0.3 is 9.80 Å². The average molecular weight is 344 g/mol. The molecule has 1 N–H and O–H groups in total. The highest BCUT2D eigenvalue weighted by molar-refractivity contribution is 5.97. The number of likely N-dealkylation sites (tertiary alicyclic amines) is 2. The van der Waals surface area contributed by atoms with Crippen molar-refractivity contribution >= 4 is 11.8 Å². The number of carbonyl (C=O) groups excluding carboxylic acids is 2. The molecule has 2 fully saturated rings. The third-order valence-corrected chi connectivity index (χ3v) is 5.33. The number of nitrogens with one attached hydrogen (secondary N) is 1. The number of hydrogen-bond acceptors (Lipinski definition) is 6. The van der Waals surface area contributed by atoms with Crippen LogP contribution in [0.25, 0.3) is 5.82 Å². The van der Waals surface area contributed by atoms with Crippen molar-refractivity contribution < 1.29 is 9.59 Å². The topological polar surface area (TPSA) is 113 Å². The van der Waals surface area contributed by atoms with Crippen molar-refractivity contribution in [1.82, 2.24) is 40.2 Å². The van der Waals surface area contributed by atoms with Crippen molar-refractivity contribution in [2.24, 2.45) is 5.41 Å². The van der Waals surface area contributed by atoms with Crippen molar-refractivity contribution in [3.8, 4) is 5.82 Å². The molecular formula is C15H20N8O2. The maximum Gasteiger partial charge on any atom is 0.259 e. The van der Waals surface area contributed by atoms with Crippen molar-refractivity contribution in [2.45, 2.75) is 26.2 Å². The fraction of sp³-hybridized carbons (Fsp3) is 0.600. The van der Waals surface area contributed by atoms with Gasteiger partial charge in [-0.05, 0) is 30.2 Å². The molecule has 2 amide bonds. The number of nitrogens with zero attached hydrogens (tertiary/aromatic N) is 7. The van der Waals surface area contributed by atoms with Crippen LogP contribution in [0.1, 0.15) is 36.5 Å². The Morgan fingerprint density at radius 2 is 2.16 bits per heavy atom. The molecule has 1 spiro atoms. The molecule has 4 heterocycles. The zero-order valence-corrected chi connectivity index (χ0v) is 14.1. The van der Waals surface area contributed by atoms with Crippen LogP contribution in [0.15, 0.2) is 12.5 Å². The Labute approximate surface area is 144 Å². The first-order valence-corrected chi connectivity index (χ1v) is 8.46. The number of piperidine rings is 1. The second kappa shape index (κ2) is 5.94. The van der Waals surface area contributed by atoms with Crippen LogP contribution in [0.2, 0.25) is 0 Å². The van der Waals surface area contributed by atoms with Gasteiger partial charge in [0.25, 0.3) is 5.91 Å². The van der Waals surface area contributed by atoms with Crippen molar-refractivity contribution in [1.29, 1.82) is 0 Å². The van der Waals surface area contributed by atoms with Gasteiger partial charge in [-0.25, -0.2) is 0 Å². The first kappa shape index (κ1) is 15.7. The van der Waals surface area contributed by atoms with E-state index in [2.05, 4.69) is 25.7 Å². The van der Waals surface area contributed by atoms with Gasteiger partial charge in [0.2, 0.25) is 5.91 Å². The lowest BCUT2D eigenvalue weighted by atomic mass is 9.77. The summed E-state index contributed by atoms with van der Waals surface area (Å²) in [6, 6.07) is 0. The maximum absolute atomic E-state index is 12.9. The second-order valence-corrected chi connectivity index (χ2v) is 6.76. The van der Waals surface area contributed by atoms with Crippen LogP contribution in [0.4, 0.5) is 0 Å². The normalized spacial score (nSPS) is 19.8. The number of aromatic nitrogens is 6. The summed E-state index contributed by atoms with van der Waals surface area (Å²) in [5.41, 5.74) is 0.472. The van der Waals surface area contributed by atoms with Gasteiger partial charge in [0.05, 0.1) is 6.20 Å². The minimum absolute atomic E-state index is 0.0267. The van der Waals surface area contributed by atoms with E-state index in [1.165, 1.54) is 17.2 Å². The highest BCUT2D eigenvalue weighted by Gasteiger charge is 2.45. The summed E-state index contributed by atoms with van der Waals surface area (Å²) in [7, 11) is 0. The summed E-state index contributed by atoms with van der Waals surface area (Å²) >= 11 is 0. The summed E-state index contributed by atoms with van der Waals surface area (Å²) in [5.74, 6) is 0.604. The molecular weight excluding hydrogens is 324 g/mol. The number of hydrogen-bond donors (Lipinski definition) is 1. The summed E-state index contributed by atoms with van der Waals surface area (Å²) < 4.78 is 1.39. The Morgan fingerprint density at radius 1 is 1.36 bits per heavy atom. The maximum atomic E-state index is 12.9. The Bertz CT molecular complexity index is 775. The Hall–Kier alpha value is -2.78. The van der Waals surface area contributed by atoms with Gasteiger partial charge in [0, 0.05) is 38.0 Å². The molecule has 2 aromatic heterocycles. The zero-order chi connectivity index (χ0) is 17.4. The number of aromatic amines is 1. The van der Waals surface area contributed by atoms with E-state index >= 15 is 0 Å². The monoisotopic (exact) mass is 344 g/mol. The Kier molecular flexibility index (Phi) is 3.74. The number of carbonyl (C=O) groups is 2. The average Bonchev–Trinajstić information content (AvgIpc) is 3.34. The molecule has 0 atom stereocenters. The predicted molar refractivity (Wildman–Crippen MR) is 85.7 cm³/mol. The molecule has 2 aliphatic heterocycles. The van der Waals surface area contributed by atoms with Gasteiger partial charge >= 0.3 is 0 Å². The standard InChI is InChI=1S/C15H20N8O2/c1-2-21-9-15(7-12(21)24)3-5-22(6-4-15)14(25)11-8-16-18-13(11)23-10-17-19-20-23/h8,10H,2-7,9H2,1H3,(H,16,18). The molecule has 2 aliphatic rings. The quantitative estimate of drug-likeness (QED) is 0.829. The van der Waals surface area contributed by atoms with Gasteiger partial charge in [-0.3, -0.25) is 14.7 Å². The SMILES string of the molecule is CCN1CC2(CCN(C(=O)c3cn[nH]c3-n3cnnn3)CC2)CC1=O. The van der Waals surface area contributed by atoms with E-state index in [0.29, 0.717) is 30.9 Å². The van der Waals surface area contributed by atoms with E-state index in [9.17, 15) is 9.59 Å². The predicted octanol–water partition coefficient (Wildman–Crippen LogP) is -0.140. The molecule has 25 heavy (non-hydrogen) atoms. The Morgan fingerprint density at radius 3 is 2.80 bits per heavy atom. The summed E-state index contributed by atoms with van der Waals surface area (Å²) in [5, 5.41) is 17.7. The van der Waals surface area contributed by atoms with Crippen molar-refractivity contribution in [3.05, 3.63) is 18.1 Å². The lowest BCUT2D eigenvalue weighted by molar-refractivity contribution is -0.127. The van der Waals surface area contributed by atoms with Crippen LogP contribution >= 0.6 is 0 Å². The fourth-order valence-corrected chi connectivity index (χ4v) is 3.83. The van der Waals surface area contributed by atoms with Crippen molar-refractivity contribution in [2.75, 3.05) is 26.2 Å². The molecule has 0 bridgehead atoms. The summed E-state index contributed by atoms with van der Waals surface area (Å²) in [6.45, 7) is 4.86. The van der Waals surface area contributed by atoms with Gasteiger partial charge in [0.15, 0.2) is 5.82 Å². The lowest BCUT2D eigenvalue weighted by Gasteiger charge is -2.38. The van der Waals surface area contributed by atoms with E-state index in [1.807, 2.05) is 16.7 Å². The molecule has 0 radical (unpaired) electrons. The molecule has 2 aromatic rings. The number of tetrazole rings is 1. The highest BCUT2D eigenvalue weighted by Crippen LogP contribution is 2.41. The van der Waals surface area contributed by atoms with Gasteiger partial charge in [-0.15, -0.1) is 5.10 Å². The first-order chi connectivity index (χ1) is 12.1. The molecule has 10 heteroatoms. The van der Waals surface area contributed by atoms with E-state index in [0.717, 1.165) is 25.9 Å². The molecule has 0 unspecified atom stereocenters. The van der Waals surface area contributed by atoms with Gasteiger partial charge in [-0.1, -0.05) is 0 Å². The van der Waals surface area contributed by atoms with E-state index in [1.54, 1.807) is 0 Å². The molecule has 2 saturated heterocycles. The van der Waals surface area contributed by atoms with Crippen LogP contribution in [0.3, 0.4) is 0 Å². The third-order valence-electron chi connectivity index (χ3n) is 5.33. The van der Waals surface area contributed by atoms with Crippen LogP contribution in [0.5, 0.6) is 0 Å². The van der Waals surface area contributed by atoms with Crippen molar-refractivity contribution in [3.63, 3.8) is 0 Å². The van der Waals surface area contributed by atoms with Crippen LogP contribution in [0, 0.1) is 5.41 Å². The summed E-state index contributed by atoms with van der Waals surface area (Å²) in [4.78, 5) is 28.7. The molecule has 10 nitrogen and oxygen atoms in total. The first-order valence-electron chi connectivity index (χ1n) is 8.46. The van der Waals surface area contributed by atoms with Gasteiger partial charge in [0.1, 0.15) is 11.9 Å². The molecule has 0 aromatic carbocycles. The summed E-state index contributed by atoms with van der Waals surface area (Å²) in [6.07, 6.45) is 5.21.